The molecule has 0 spiro atoms. The van der Waals surface area contributed by atoms with Crippen molar-refractivity contribution >= 4 is 5.82 Å². The molecule has 1 N–H and O–H groups in total. The van der Waals surface area contributed by atoms with E-state index in [1.807, 2.05) is 19.1 Å². The van der Waals surface area contributed by atoms with Gasteiger partial charge in [-0.25, -0.2) is 4.98 Å². The van der Waals surface area contributed by atoms with Crippen molar-refractivity contribution < 1.29 is 4.74 Å². The van der Waals surface area contributed by atoms with Gasteiger partial charge in [-0.2, -0.15) is 0 Å². The normalized spacial score (nSPS) is 15.9. The summed E-state index contributed by atoms with van der Waals surface area (Å²) in [5.41, 5.74) is 0. The van der Waals surface area contributed by atoms with Crippen LogP contribution in [0.5, 0.6) is 5.75 Å². The molecule has 0 amide bonds. The third kappa shape index (κ3) is 2.04. The number of pyridine rings is 1. The average molecular weight is 207 g/mol. The first-order valence-electron chi connectivity index (χ1n) is 5.34. The van der Waals surface area contributed by atoms with Crippen molar-refractivity contribution in [3.63, 3.8) is 0 Å². The number of nitrogens with one attached hydrogen (secondary N) is 1. The summed E-state index contributed by atoms with van der Waals surface area (Å²) in [6, 6.07) is 4.41. The molecule has 1 aromatic heterocycles. The first-order chi connectivity index (χ1) is 7.33. The van der Waals surface area contributed by atoms with E-state index in [0.717, 1.165) is 24.7 Å². The summed E-state index contributed by atoms with van der Waals surface area (Å²) in [6.07, 6.45) is 1.81. The minimum absolute atomic E-state index is 0.541. The summed E-state index contributed by atoms with van der Waals surface area (Å²) in [6.45, 7) is 4.72. The van der Waals surface area contributed by atoms with E-state index in [4.69, 9.17) is 4.74 Å². The van der Waals surface area contributed by atoms with Crippen LogP contribution in [0.2, 0.25) is 0 Å². The predicted molar refractivity (Wildman–Crippen MR) is 60.5 cm³/mol. The number of ether oxygens (including phenoxy) is 1. The SMILES string of the molecule is CCOc1cccnc1N(C)C1CNC1. The summed E-state index contributed by atoms with van der Waals surface area (Å²) < 4.78 is 5.55. The topological polar surface area (TPSA) is 37.4 Å². The number of aromatic nitrogens is 1. The number of hydrogen-bond acceptors (Lipinski definition) is 4. The highest BCUT2D eigenvalue weighted by Crippen LogP contribution is 2.26. The van der Waals surface area contributed by atoms with Crippen LogP contribution in [0.3, 0.4) is 0 Å². The zero-order chi connectivity index (χ0) is 10.7. The van der Waals surface area contributed by atoms with E-state index in [0.29, 0.717) is 12.6 Å². The highest BCUT2D eigenvalue weighted by molar-refractivity contribution is 5.52. The summed E-state index contributed by atoms with van der Waals surface area (Å²) >= 11 is 0. The fourth-order valence-corrected chi connectivity index (χ4v) is 1.64. The molecule has 4 nitrogen and oxygen atoms in total. The van der Waals surface area contributed by atoms with Crippen LogP contribution in [-0.4, -0.2) is 37.8 Å². The standard InChI is InChI=1S/C11H17N3O/c1-3-15-10-5-4-6-13-11(10)14(2)9-7-12-8-9/h4-6,9,12H,3,7-8H2,1-2H3. The summed E-state index contributed by atoms with van der Waals surface area (Å²) in [7, 11) is 2.07. The van der Waals surface area contributed by atoms with Crippen molar-refractivity contribution in [1.82, 2.24) is 10.3 Å². The maximum atomic E-state index is 5.55. The van der Waals surface area contributed by atoms with E-state index in [1.165, 1.54) is 0 Å². The van der Waals surface area contributed by atoms with Gasteiger partial charge in [0, 0.05) is 26.3 Å². The molecule has 82 valence electrons. The third-order valence-corrected chi connectivity index (χ3v) is 2.69. The molecule has 0 atom stereocenters. The van der Waals surface area contributed by atoms with Gasteiger partial charge < -0.3 is 15.0 Å². The Bertz CT molecular complexity index is 325. The summed E-state index contributed by atoms with van der Waals surface area (Å²) in [5.74, 6) is 1.81. The van der Waals surface area contributed by atoms with E-state index < -0.39 is 0 Å². The molecule has 4 heteroatoms. The molecule has 1 aromatic rings. The molecule has 1 saturated heterocycles. The Morgan fingerprint density at radius 2 is 2.40 bits per heavy atom. The lowest BCUT2D eigenvalue weighted by atomic mass is 10.1. The lowest BCUT2D eigenvalue weighted by molar-refractivity contribution is 0.336. The fourth-order valence-electron chi connectivity index (χ4n) is 1.64. The van der Waals surface area contributed by atoms with Gasteiger partial charge in [0.15, 0.2) is 11.6 Å². The van der Waals surface area contributed by atoms with Gasteiger partial charge in [0.25, 0.3) is 0 Å². The van der Waals surface area contributed by atoms with Gasteiger partial charge in [0.05, 0.1) is 12.6 Å². The van der Waals surface area contributed by atoms with Crippen LogP contribution in [0.15, 0.2) is 18.3 Å². The van der Waals surface area contributed by atoms with E-state index in [1.54, 1.807) is 6.20 Å². The van der Waals surface area contributed by atoms with Crippen molar-refractivity contribution in [2.75, 3.05) is 31.6 Å². The average Bonchev–Trinajstić information content (AvgIpc) is 2.16. The second-order valence-electron chi connectivity index (χ2n) is 3.68. The van der Waals surface area contributed by atoms with Gasteiger partial charge in [0.1, 0.15) is 0 Å². The highest BCUT2D eigenvalue weighted by atomic mass is 16.5. The van der Waals surface area contributed by atoms with Crippen LogP contribution in [0.1, 0.15) is 6.92 Å². The predicted octanol–water partition coefficient (Wildman–Crippen LogP) is 0.888. The quantitative estimate of drug-likeness (QED) is 0.795. The summed E-state index contributed by atoms with van der Waals surface area (Å²) in [4.78, 5) is 6.56. The molecule has 0 radical (unpaired) electrons. The summed E-state index contributed by atoms with van der Waals surface area (Å²) in [5, 5.41) is 3.25. The Hall–Kier alpha value is -1.29. The molecule has 15 heavy (non-hydrogen) atoms. The van der Waals surface area contributed by atoms with Crippen molar-refractivity contribution in [1.29, 1.82) is 0 Å². The van der Waals surface area contributed by atoms with Crippen LogP contribution in [-0.2, 0) is 0 Å². The maximum absolute atomic E-state index is 5.55. The van der Waals surface area contributed by atoms with Crippen LogP contribution in [0.4, 0.5) is 5.82 Å². The second kappa shape index (κ2) is 4.49. The smallest absolute Gasteiger partial charge is 0.171 e. The van der Waals surface area contributed by atoms with Crippen molar-refractivity contribution in [3.8, 4) is 5.75 Å². The number of rotatable bonds is 4. The van der Waals surface area contributed by atoms with Gasteiger partial charge in [0.2, 0.25) is 0 Å². The number of nitrogens with zero attached hydrogens (tertiary/aromatic N) is 2. The molecule has 1 aliphatic heterocycles. The molecular formula is C11H17N3O. The monoisotopic (exact) mass is 207 g/mol. The van der Waals surface area contributed by atoms with Gasteiger partial charge >= 0.3 is 0 Å². The third-order valence-electron chi connectivity index (χ3n) is 2.69. The Labute approximate surface area is 90.3 Å². The largest absolute Gasteiger partial charge is 0.490 e. The minimum atomic E-state index is 0.541. The highest BCUT2D eigenvalue weighted by Gasteiger charge is 2.24. The molecule has 0 unspecified atom stereocenters. The van der Waals surface area contributed by atoms with Crippen LogP contribution < -0.4 is 15.0 Å². The van der Waals surface area contributed by atoms with E-state index in [-0.39, 0.29) is 0 Å². The van der Waals surface area contributed by atoms with E-state index >= 15 is 0 Å². The van der Waals surface area contributed by atoms with Gasteiger partial charge in [-0.15, -0.1) is 0 Å². The molecule has 0 aliphatic carbocycles. The molecule has 0 saturated carbocycles. The van der Waals surface area contributed by atoms with Gasteiger partial charge in [-0.1, -0.05) is 0 Å². The Balaban J connectivity index is 2.17. The Morgan fingerprint density at radius 3 is 3.00 bits per heavy atom. The molecule has 2 heterocycles. The molecule has 2 rings (SSSR count). The number of anilines is 1. The first-order valence-corrected chi connectivity index (χ1v) is 5.34. The number of hydrogen-bond donors (Lipinski definition) is 1. The van der Waals surface area contributed by atoms with Crippen LogP contribution in [0.25, 0.3) is 0 Å². The molecule has 0 bridgehead atoms. The van der Waals surface area contributed by atoms with Crippen molar-refractivity contribution in [2.24, 2.45) is 0 Å². The Kier molecular flexibility index (Phi) is 3.06. The van der Waals surface area contributed by atoms with Crippen LogP contribution >= 0.6 is 0 Å². The lowest BCUT2D eigenvalue weighted by Gasteiger charge is -2.36. The number of likely N-dealkylation sites (N-methyl/N-ethyl adjacent to an activating group) is 1. The molecule has 1 fully saturated rings. The molecule has 0 aromatic carbocycles. The lowest BCUT2D eigenvalue weighted by Crippen LogP contribution is -2.56. The van der Waals surface area contributed by atoms with Gasteiger partial charge in [-0.05, 0) is 19.1 Å². The fraction of sp³-hybridized carbons (Fsp3) is 0.545. The van der Waals surface area contributed by atoms with Gasteiger partial charge in [-0.3, -0.25) is 0 Å². The van der Waals surface area contributed by atoms with E-state index in [2.05, 4.69) is 22.2 Å². The molecular weight excluding hydrogens is 190 g/mol. The zero-order valence-electron chi connectivity index (χ0n) is 9.23. The maximum Gasteiger partial charge on any atom is 0.171 e. The Morgan fingerprint density at radius 1 is 1.60 bits per heavy atom. The van der Waals surface area contributed by atoms with Crippen LogP contribution in [0, 0.1) is 0 Å². The first kappa shape index (κ1) is 10.2. The van der Waals surface area contributed by atoms with E-state index in [9.17, 15) is 0 Å². The van der Waals surface area contributed by atoms with Crippen molar-refractivity contribution in [3.05, 3.63) is 18.3 Å². The second-order valence-corrected chi connectivity index (χ2v) is 3.68. The zero-order valence-corrected chi connectivity index (χ0v) is 9.23. The minimum Gasteiger partial charge on any atom is -0.490 e. The van der Waals surface area contributed by atoms with Crippen molar-refractivity contribution in [2.45, 2.75) is 13.0 Å². The molecule has 1 aliphatic rings.